The molecular weight excluding hydrogens is 250 g/mol. The molecule has 0 aromatic carbocycles. The molecule has 0 amide bonds. The molecule has 1 unspecified atom stereocenters. The van der Waals surface area contributed by atoms with Gasteiger partial charge < -0.3 is 9.64 Å². The van der Waals surface area contributed by atoms with Crippen LogP contribution in [0.15, 0.2) is 6.07 Å². The van der Waals surface area contributed by atoms with Crippen molar-refractivity contribution in [2.45, 2.75) is 38.5 Å². The van der Waals surface area contributed by atoms with Gasteiger partial charge in [0.1, 0.15) is 0 Å². The summed E-state index contributed by atoms with van der Waals surface area (Å²) < 4.78 is 5.58. The van der Waals surface area contributed by atoms with Crippen LogP contribution in [0, 0.1) is 6.92 Å². The summed E-state index contributed by atoms with van der Waals surface area (Å²) in [5.41, 5.74) is 0.933. The number of alkyl halides is 1. The second-order valence-corrected chi connectivity index (χ2v) is 5.30. The Morgan fingerprint density at radius 1 is 1.50 bits per heavy atom. The van der Waals surface area contributed by atoms with Gasteiger partial charge in [-0.3, -0.25) is 0 Å². The molecule has 1 aliphatic heterocycles. The fourth-order valence-corrected chi connectivity index (χ4v) is 2.37. The van der Waals surface area contributed by atoms with Crippen LogP contribution in [0.4, 0.5) is 5.95 Å². The molecule has 5 heteroatoms. The second kappa shape index (κ2) is 6.23. The van der Waals surface area contributed by atoms with Crippen LogP contribution in [0.3, 0.4) is 0 Å². The number of halogens is 1. The highest BCUT2D eigenvalue weighted by Gasteiger charge is 2.20. The number of anilines is 1. The lowest BCUT2D eigenvalue weighted by atomic mass is 10.1. The van der Waals surface area contributed by atoms with E-state index in [9.17, 15) is 0 Å². The standard InChI is InChI=1S/C13H20ClN3O/c1-3-7-18-12-8-10(2)15-13(16-12)17-6-4-5-11(14)9-17/h8,11H,3-7,9H2,1-2H3. The van der Waals surface area contributed by atoms with Crippen molar-refractivity contribution in [1.29, 1.82) is 0 Å². The number of hydrogen-bond acceptors (Lipinski definition) is 4. The number of piperidine rings is 1. The van der Waals surface area contributed by atoms with Gasteiger partial charge in [-0.05, 0) is 26.2 Å². The van der Waals surface area contributed by atoms with E-state index in [2.05, 4.69) is 21.8 Å². The van der Waals surface area contributed by atoms with E-state index in [-0.39, 0.29) is 5.38 Å². The molecule has 0 bridgehead atoms. The Morgan fingerprint density at radius 2 is 2.33 bits per heavy atom. The third-order valence-electron chi connectivity index (χ3n) is 2.92. The molecule has 18 heavy (non-hydrogen) atoms. The van der Waals surface area contributed by atoms with Crippen LogP contribution in [0.1, 0.15) is 31.9 Å². The molecule has 1 fully saturated rings. The van der Waals surface area contributed by atoms with Gasteiger partial charge in [-0.15, -0.1) is 11.6 Å². The average Bonchev–Trinajstić information content (AvgIpc) is 2.36. The van der Waals surface area contributed by atoms with E-state index in [1.54, 1.807) is 0 Å². The predicted octanol–water partition coefficient (Wildman–Crippen LogP) is 2.78. The topological polar surface area (TPSA) is 38.2 Å². The van der Waals surface area contributed by atoms with E-state index in [0.717, 1.165) is 44.0 Å². The van der Waals surface area contributed by atoms with E-state index in [1.807, 2.05) is 13.0 Å². The molecule has 0 radical (unpaired) electrons. The summed E-state index contributed by atoms with van der Waals surface area (Å²) in [5.74, 6) is 1.41. The van der Waals surface area contributed by atoms with Crippen molar-refractivity contribution in [2.24, 2.45) is 0 Å². The monoisotopic (exact) mass is 269 g/mol. The smallest absolute Gasteiger partial charge is 0.228 e. The Labute approximate surface area is 113 Å². The molecule has 100 valence electrons. The van der Waals surface area contributed by atoms with Crippen LogP contribution >= 0.6 is 11.6 Å². The lowest BCUT2D eigenvalue weighted by molar-refractivity contribution is 0.304. The van der Waals surface area contributed by atoms with Gasteiger partial charge in [0.2, 0.25) is 11.8 Å². The van der Waals surface area contributed by atoms with Crippen molar-refractivity contribution in [2.75, 3.05) is 24.6 Å². The summed E-state index contributed by atoms with van der Waals surface area (Å²) in [7, 11) is 0. The van der Waals surface area contributed by atoms with E-state index < -0.39 is 0 Å². The minimum Gasteiger partial charge on any atom is -0.478 e. The Balaban J connectivity index is 2.13. The van der Waals surface area contributed by atoms with Crippen LogP contribution in [-0.4, -0.2) is 35.0 Å². The third kappa shape index (κ3) is 3.48. The first-order chi connectivity index (χ1) is 8.69. The Kier molecular flexibility index (Phi) is 4.64. The first-order valence-corrected chi connectivity index (χ1v) is 7.00. The molecule has 0 spiro atoms. The number of aryl methyl sites for hydroxylation is 1. The number of hydrogen-bond donors (Lipinski definition) is 0. The van der Waals surface area contributed by atoms with Crippen LogP contribution in [0.5, 0.6) is 5.88 Å². The maximum absolute atomic E-state index is 6.20. The maximum atomic E-state index is 6.20. The van der Waals surface area contributed by atoms with Crippen molar-refractivity contribution in [1.82, 2.24) is 9.97 Å². The molecule has 1 aliphatic rings. The van der Waals surface area contributed by atoms with Gasteiger partial charge in [-0.2, -0.15) is 4.98 Å². The predicted molar refractivity (Wildman–Crippen MR) is 73.6 cm³/mol. The summed E-state index contributed by atoms with van der Waals surface area (Å²) in [6, 6.07) is 1.88. The molecule has 1 aromatic heterocycles. The van der Waals surface area contributed by atoms with Crippen molar-refractivity contribution in [3.8, 4) is 5.88 Å². The van der Waals surface area contributed by atoms with Gasteiger partial charge in [-0.25, -0.2) is 4.98 Å². The highest BCUT2D eigenvalue weighted by atomic mass is 35.5. The highest BCUT2D eigenvalue weighted by Crippen LogP contribution is 2.21. The average molecular weight is 270 g/mol. The molecule has 1 aromatic rings. The van der Waals surface area contributed by atoms with Gasteiger partial charge in [0, 0.05) is 24.8 Å². The summed E-state index contributed by atoms with van der Waals surface area (Å²) >= 11 is 6.20. The summed E-state index contributed by atoms with van der Waals surface area (Å²) in [6.07, 6.45) is 3.14. The van der Waals surface area contributed by atoms with E-state index in [1.165, 1.54) is 0 Å². The summed E-state index contributed by atoms with van der Waals surface area (Å²) in [4.78, 5) is 11.1. The van der Waals surface area contributed by atoms with E-state index >= 15 is 0 Å². The summed E-state index contributed by atoms with van der Waals surface area (Å²) in [5, 5.41) is 0.197. The third-order valence-corrected chi connectivity index (χ3v) is 3.28. The number of nitrogens with zero attached hydrogens (tertiary/aromatic N) is 3. The van der Waals surface area contributed by atoms with Crippen molar-refractivity contribution in [3.05, 3.63) is 11.8 Å². The van der Waals surface area contributed by atoms with Crippen molar-refractivity contribution >= 4 is 17.5 Å². The fraction of sp³-hybridized carbons (Fsp3) is 0.692. The molecule has 2 heterocycles. The van der Waals surface area contributed by atoms with Crippen LogP contribution < -0.4 is 9.64 Å². The van der Waals surface area contributed by atoms with Crippen LogP contribution in [0.25, 0.3) is 0 Å². The molecule has 4 nitrogen and oxygen atoms in total. The fourth-order valence-electron chi connectivity index (χ4n) is 2.05. The summed E-state index contributed by atoms with van der Waals surface area (Å²) in [6.45, 7) is 6.52. The molecule has 1 atom stereocenters. The Morgan fingerprint density at radius 3 is 3.06 bits per heavy atom. The molecule has 0 aliphatic carbocycles. The van der Waals surface area contributed by atoms with E-state index in [0.29, 0.717) is 12.5 Å². The zero-order chi connectivity index (χ0) is 13.0. The maximum Gasteiger partial charge on any atom is 0.228 e. The first kappa shape index (κ1) is 13.4. The molecular formula is C13H20ClN3O. The normalized spacial score (nSPS) is 19.9. The highest BCUT2D eigenvalue weighted by molar-refractivity contribution is 6.21. The zero-order valence-corrected chi connectivity index (χ0v) is 11.8. The molecule has 1 saturated heterocycles. The molecule has 0 saturated carbocycles. The largest absolute Gasteiger partial charge is 0.478 e. The first-order valence-electron chi connectivity index (χ1n) is 6.56. The molecule has 2 rings (SSSR count). The number of aromatic nitrogens is 2. The SMILES string of the molecule is CCCOc1cc(C)nc(N2CCCC(Cl)C2)n1. The lowest BCUT2D eigenvalue weighted by Crippen LogP contribution is -2.37. The van der Waals surface area contributed by atoms with E-state index in [4.69, 9.17) is 16.3 Å². The Hall–Kier alpha value is -1.03. The van der Waals surface area contributed by atoms with Crippen molar-refractivity contribution in [3.63, 3.8) is 0 Å². The van der Waals surface area contributed by atoms with Crippen molar-refractivity contribution < 1.29 is 4.74 Å². The second-order valence-electron chi connectivity index (χ2n) is 4.68. The molecule has 0 N–H and O–H groups in total. The zero-order valence-electron chi connectivity index (χ0n) is 11.0. The van der Waals surface area contributed by atoms with Gasteiger partial charge in [0.25, 0.3) is 0 Å². The Bertz CT molecular complexity index is 400. The minimum atomic E-state index is 0.197. The van der Waals surface area contributed by atoms with Gasteiger partial charge in [-0.1, -0.05) is 6.92 Å². The quantitative estimate of drug-likeness (QED) is 0.788. The van der Waals surface area contributed by atoms with Gasteiger partial charge >= 0.3 is 0 Å². The lowest BCUT2D eigenvalue weighted by Gasteiger charge is -2.30. The van der Waals surface area contributed by atoms with Crippen LogP contribution in [-0.2, 0) is 0 Å². The van der Waals surface area contributed by atoms with Crippen LogP contribution in [0.2, 0.25) is 0 Å². The minimum absolute atomic E-state index is 0.197. The number of rotatable bonds is 4. The van der Waals surface area contributed by atoms with Gasteiger partial charge in [0.15, 0.2) is 0 Å². The number of ether oxygens (including phenoxy) is 1. The van der Waals surface area contributed by atoms with Gasteiger partial charge in [0.05, 0.1) is 12.0 Å².